The number of nitrogens with zero attached hydrogens (tertiary/aromatic N) is 6. The van der Waals surface area contributed by atoms with Gasteiger partial charge in [0.25, 0.3) is 11.8 Å². The van der Waals surface area contributed by atoms with Gasteiger partial charge in [0.1, 0.15) is 9.88 Å². The topological polar surface area (TPSA) is 173 Å². The zero-order chi connectivity index (χ0) is 32.5. The molecule has 0 atom stereocenters. The molecule has 1 saturated heterocycles. The average molecular weight is 641 g/mol. The number of amides is 2. The molecule has 0 unspecified atom stereocenters. The number of hydrogen-bond acceptors (Lipinski definition) is 12. The zero-order valence-electron chi connectivity index (χ0n) is 24.6. The van der Waals surface area contributed by atoms with Crippen LogP contribution in [0.4, 0.5) is 23.0 Å². The van der Waals surface area contributed by atoms with E-state index in [-0.39, 0.29) is 47.7 Å². The Bertz CT molecular complexity index is 1840. The Labute approximate surface area is 267 Å². The lowest BCUT2D eigenvalue weighted by molar-refractivity contribution is 0.0774. The minimum absolute atomic E-state index is 0.0720. The number of carbonyl (C=O) groups excluding carboxylic acids is 2. The Morgan fingerprint density at radius 3 is 2.42 bits per heavy atom. The second-order valence-corrected chi connectivity index (χ2v) is 13.6. The van der Waals surface area contributed by atoms with Crippen LogP contribution in [0.2, 0.25) is 0 Å². The van der Waals surface area contributed by atoms with Gasteiger partial charge in [0.2, 0.25) is 0 Å². The van der Waals surface area contributed by atoms with E-state index in [0.29, 0.717) is 32.7 Å². The number of sulfone groups is 1. The van der Waals surface area contributed by atoms with Crippen molar-refractivity contribution in [2.45, 2.75) is 12.2 Å². The maximum atomic E-state index is 13.1. The summed E-state index contributed by atoms with van der Waals surface area (Å²) >= 11 is 1.15. The van der Waals surface area contributed by atoms with Gasteiger partial charge in [-0.2, -0.15) is 5.10 Å². The summed E-state index contributed by atoms with van der Waals surface area (Å²) in [7, 11) is 16.9. The first-order valence-corrected chi connectivity index (χ1v) is 16.1. The summed E-state index contributed by atoms with van der Waals surface area (Å²) < 4.78 is 31.0. The van der Waals surface area contributed by atoms with Gasteiger partial charge >= 0.3 is 0 Å². The molecule has 226 valence electrons. The highest BCUT2D eigenvalue weighted by atomic mass is 32.2. The van der Waals surface area contributed by atoms with Gasteiger partial charge < -0.3 is 25.6 Å². The molecular formula is C26H26B3N9O5S2. The molecule has 2 amide bonds. The lowest BCUT2D eigenvalue weighted by Gasteiger charge is -2.26. The summed E-state index contributed by atoms with van der Waals surface area (Å²) in [5.41, 5.74) is 1.94. The number of hydrogen-bond donors (Lipinski definition) is 3. The third kappa shape index (κ3) is 7.48. The number of ether oxygens (including phenoxy) is 1. The molecule has 1 fully saturated rings. The van der Waals surface area contributed by atoms with Crippen molar-refractivity contribution < 1.29 is 22.7 Å². The summed E-state index contributed by atoms with van der Waals surface area (Å²) in [4.78, 5) is 32.4. The first-order chi connectivity index (χ1) is 21.2. The fourth-order valence-electron chi connectivity index (χ4n) is 4.46. The molecule has 0 aliphatic carbocycles. The number of anilines is 4. The number of thiazole rings is 1. The number of benzene rings is 1. The lowest BCUT2D eigenvalue weighted by atomic mass is 9.49. The Hall–Kier alpha value is -4.38. The highest BCUT2D eigenvalue weighted by molar-refractivity contribution is 7.91. The van der Waals surface area contributed by atoms with Gasteiger partial charge in [0, 0.05) is 38.0 Å². The second kappa shape index (κ2) is 12.6. The predicted octanol–water partition coefficient (Wildman–Crippen LogP) is 0.855. The Morgan fingerprint density at radius 2 is 1.78 bits per heavy atom. The van der Waals surface area contributed by atoms with Crippen LogP contribution in [-0.4, -0.2) is 111 Å². The van der Waals surface area contributed by atoms with Crippen LogP contribution in [-0.2, 0) is 16.9 Å². The van der Waals surface area contributed by atoms with Crippen LogP contribution in [0.3, 0.4) is 0 Å². The fourth-order valence-corrected chi connectivity index (χ4v) is 6.57. The smallest absolute Gasteiger partial charge is 0.272 e. The molecule has 4 heterocycles. The molecule has 1 aliphatic heterocycles. The average Bonchev–Trinajstić information content (AvgIpc) is 3.58. The van der Waals surface area contributed by atoms with Crippen molar-refractivity contribution in [2.24, 2.45) is 7.05 Å². The number of aromatic nitrogens is 5. The number of rotatable bonds is 9. The molecule has 19 heteroatoms. The normalized spacial score (nSPS) is 14.5. The molecule has 1 aromatic carbocycles. The van der Waals surface area contributed by atoms with E-state index < -0.39 is 21.0 Å². The molecule has 6 radical (unpaired) electrons. The van der Waals surface area contributed by atoms with Crippen molar-refractivity contribution in [2.75, 3.05) is 42.3 Å². The molecule has 0 saturated carbocycles. The van der Waals surface area contributed by atoms with E-state index in [4.69, 9.17) is 28.3 Å². The van der Waals surface area contributed by atoms with Gasteiger partial charge in [-0.05, 0) is 19.1 Å². The Kier molecular flexibility index (Phi) is 8.94. The standard InChI is InChI=1S/C26H26B3N9O5S2/c1-14-11-20(36-37(14)2)32-19-12-17(21(35-34-19)23(39)33-26(27,28)29)31-16-6-4-5-15(22(16)43-3)24-30-13-18(44-24)25(40)38-7-9-45(41,42)10-8-38/h4-6,11-13H,7-10H2,1-3H3,(H,33,39)(H2,31,32,34,36). The van der Waals surface area contributed by atoms with Crippen LogP contribution in [0.5, 0.6) is 5.75 Å². The molecule has 5 rings (SSSR count). The van der Waals surface area contributed by atoms with E-state index in [0.717, 1.165) is 17.0 Å². The Balaban J connectivity index is 1.46. The summed E-state index contributed by atoms with van der Waals surface area (Å²) in [6.45, 7) is 2.15. The maximum absolute atomic E-state index is 13.1. The number of nitrogens with one attached hydrogen (secondary N) is 3. The van der Waals surface area contributed by atoms with Crippen LogP contribution in [0.1, 0.15) is 25.9 Å². The van der Waals surface area contributed by atoms with Crippen molar-refractivity contribution in [3.8, 4) is 16.3 Å². The van der Waals surface area contributed by atoms with E-state index in [1.54, 1.807) is 36.0 Å². The van der Waals surface area contributed by atoms with Gasteiger partial charge in [-0.1, -0.05) is 11.3 Å². The molecular weight excluding hydrogens is 615 g/mol. The summed E-state index contributed by atoms with van der Waals surface area (Å²) in [6.07, 6.45) is 1.45. The fraction of sp³-hybridized carbons (Fsp3) is 0.308. The molecule has 3 N–H and O–H groups in total. The van der Waals surface area contributed by atoms with Crippen molar-refractivity contribution in [1.82, 2.24) is 35.2 Å². The molecule has 14 nitrogen and oxygen atoms in total. The van der Waals surface area contributed by atoms with Gasteiger partial charge in [0.05, 0.1) is 65.3 Å². The van der Waals surface area contributed by atoms with Crippen molar-refractivity contribution in [3.63, 3.8) is 0 Å². The van der Waals surface area contributed by atoms with E-state index >= 15 is 0 Å². The van der Waals surface area contributed by atoms with Gasteiger partial charge in [-0.15, -0.1) is 21.5 Å². The molecule has 4 aromatic rings. The highest BCUT2D eigenvalue weighted by Gasteiger charge is 2.28. The molecule has 0 spiro atoms. The minimum atomic E-state index is -3.14. The van der Waals surface area contributed by atoms with Crippen molar-refractivity contribution >= 4 is 79.5 Å². The van der Waals surface area contributed by atoms with Crippen molar-refractivity contribution in [1.29, 1.82) is 0 Å². The van der Waals surface area contributed by atoms with E-state index in [1.165, 1.54) is 18.2 Å². The number of aryl methyl sites for hydroxylation is 2. The number of methoxy groups -OCH3 is 1. The molecule has 3 aromatic heterocycles. The van der Waals surface area contributed by atoms with Crippen LogP contribution >= 0.6 is 11.3 Å². The van der Waals surface area contributed by atoms with Crippen molar-refractivity contribution in [3.05, 3.63) is 52.8 Å². The molecule has 45 heavy (non-hydrogen) atoms. The quantitative estimate of drug-likeness (QED) is 0.221. The van der Waals surface area contributed by atoms with Crippen LogP contribution < -0.4 is 20.7 Å². The summed E-state index contributed by atoms with van der Waals surface area (Å²) in [6, 6.07) is 8.58. The van der Waals surface area contributed by atoms with Gasteiger partial charge in [-0.25, -0.2) is 13.4 Å². The number of carbonyl (C=O) groups is 2. The highest BCUT2D eigenvalue weighted by Crippen LogP contribution is 2.40. The largest absolute Gasteiger partial charge is 0.494 e. The zero-order valence-corrected chi connectivity index (χ0v) is 26.2. The van der Waals surface area contributed by atoms with E-state index in [2.05, 4.69) is 36.2 Å². The summed E-state index contributed by atoms with van der Waals surface area (Å²) in [5.74, 6) is -0.0819. The third-order valence-corrected chi connectivity index (χ3v) is 9.40. The first-order valence-electron chi connectivity index (χ1n) is 13.5. The van der Waals surface area contributed by atoms with Gasteiger partial charge in [-0.3, -0.25) is 14.3 Å². The SMILES string of the molecule is [B]C([B])([B])NC(=O)c1nnc(Nc2cc(C)n(C)n2)cc1Nc1cccc(-c2ncc(C(=O)N3CCS(=O)(=O)CC3)s2)c1OC. The second-order valence-electron chi connectivity index (χ2n) is 10.3. The van der Waals surface area contributed by atoms with Crippen LogP contribution in [0.15, 0.2) is 36.5 Å². The maximum Gasteiger partial charge on any atom is 0.272 e. The Morgan fingerprint density at radius 1 is 1.04 bits per heavy atom. The minimum Gasteiger partial charge on any atom is -0.494 e. The number of para-hydroxylation sites is 1. The van der Waals surface area contributed by atoms with E-state index in [9.17, 15) is 18.0 Å². The molecule has 0 bridgehead atoms. The predicted molar refractivity (Wildman–Crippen MR) is 173 cm³/mol. The van der Waals surface area contributed by atoms with Crippen LogP contribution in [0.25, 0.3) is 10.6 Å². The van der Waals surface area contributed by atoms with Gasteiger partial charge in [0.15, 0.2) is 32.9 Å². The van der Waals surface area contributed by atoms with E-state index in [1.807, 2.05) is 13.0 Å². The monoisotopic (exact) mass is 641 g/mol. The van der Waals surface area contributed by atoms with Crippen LogP contribution in [0, 0.1) is 6.92 Å². The lowest BCUT2D eigenvalue weighted by Crippen LogP contribution is -2.50. The third-order valence-electron chi connectivity index (χ3n) is 6.78. The molecule has 1 aliphatic rings. The summed E-state index contributed by atoms with van der Waals surface area (Å²) in [5, 5.41) is 19.5. The first kappa shape index (κ1) is 32.0.